The zero-order valence-corrected chi connectivity index (χ0v) is 13.0. The van der Waals surface area contributed by atoms with Crippen molar-refractivity contribution in [3.8, 4) is 0 Å². The number of halogens is 1. The lowest BCUT2D eigenvalue weighted by Crippen LogP contribution is -2.53. The quantitative estimate of drug-likeness (QED) is 0.879. The lowest BCUT2D eigenvalue weighted by Gasteiger charge is -2.42. The van der Waals surface area contributed by atoms with Gasteiger partial charge in [0, 0.05) is 29.5 Å². The molecule has 0 radical (unpaired) electrons. The molecule has 1 aliphatic rings. The molecular weight excluding hydrogens is 288 g/mol. The maximum Gasteiger partial charge on any atom is 0.289 e. The number of carbonyl (C=O) groups excluding carboxylic acids is 1. The number of fused-ring (bicyclic) bond motifs is 1. The minimum Gasteiger partial charge on any atom is -0.451 e. The largest absolute Gasteiger partial charge is 0.451 e. The molecule has 2 aromatic rings. The summed E-state index contributed by atoms with van der Waals surface area (Å²) in [6, 6.07) is 7.21. The highest BCUT2D eigenvalue weighted by atomic mass is 35.5. The molecule has 0 saturated carbocycles. The predicted octanol–water partition coefficient (Wildman–Crippen LogP) is 3.29. The van der Waals surface area contributed by atoms with Crippen LogP contribution >= 0.6 is 11.6 Å². The molecule has 1 atom stereocenters. The number of carbonyl (C=O) groups is 1. The van der Waals surface area contributed by atoms with Crippen molar-refractivity contribution in [3.05, 3.63) is 35.0 Å². The summed E-state index contributed by atoms with van der Waals surface area (Å²) < 4.78 is 5.65. The van der Waals surface area contributed by atoms with E-state index in [0.29, 0.717) is 29.5 Å². The van der Waals surface area contributed by atoms with Crippen molar-refractivity contribution in [2.24, 2.45) is 11.1 Å². The monoisotopic (exact) mass is 306 g/mol. The summed E-state index contributed by atoms with van der Waals surface area (Å²) in [7, 11) is 0. The molecule has 1 fully saturated rings. The molecule has 5 heteroatoms. The molecule has 1 aliphatic heterocycles. The zero-order valence-electron chi connectivity index (χ0n) is 12.2. The summed E-state index contributed by atoms with van der Waals surface area (Å²) in [5.74, 6) is 0.279. The van der Waals surface area contributed by atoms with E-state index in [1.165, 1.54) is 0 Å². The predicted molar refractivity (Wildman–Crippen MR) is 83.5 cm³/mol. The van der Waals surface area contributed by atoms with E-state index in [-0.39, 0.29) is 17.4 Å². The van der Waals surface area contributed by atoms with E-state index < -0.39 is 0 Å². The van der Waals surface area contributed by atoms with Gasteiger partial charge in [0.15, 0.2) is 5.76 Å². The second-order valence-corrected chi connectivity index (χ2v) is 6.84. The maximum atomic E-state index is 12.6. The highest BCUT2D eigenvalue weighted by Crippen LogP contribution is 2.30. The maximum absolute atomic E-state index is 12.6. The first-order valence-corrected chi connectivity index (χ1v) is 7.48. The number of furan rings is 1. The third-order valence-corrected chi connectivity index (χ3v) is 4.52. The van der Waals surface area contributed by atoms with Crippen LogP contribution < -0.4 is 5.73 Å². The van der Waals surface area contributed by atoms with Gasteiger partial charge in [-0.15, -0.1) is 0 Å². The topological polar surface area (TPSA) is 59.5 Å². The lowest BCUT2D eigenvalue weighted by molar-refractivity contribution is 0.0505. The molecule has 1 aromatic carbocycles. The van der Waals surface area contributed by atoms with Gasteiger partial charge >= 0.3 is 0 Å². The van der Waals surface area contributed by atoms with Gasteiger partial charge in [-0.25, -0.2) is 0 Å². The summed E-state index contributed by atoms with van der Waals surface area (Å²) in [6.45, 7) is 5.50. The first-order valence-electron chi connectivity index (χ1n) is 7.11. The number of nitrogens with two attached hydrogens (primary N) is 1. The Morgan fingerprint density at radius 3 is 2.90 bits per heavy atom. The van der Waals surface area contributed by atoms with Crippen molar-refractivity contribution in [1.29, 1.82) is 0 Å². The summed E-state index contributed by atoms with van der Waals surface area (Å²) in [4.78, 5) is 14.4. The molecule has 1 aromatic heterocycles. The fourth-order valence-corrected chi connectivity index (χ4v) is 3.00. The van der Waals surface area contributed by atoms with Crippen LogP contribution in [0.4, 0.5) is 0 Å². The van der Waals surface area contributed by atoms with Crippen LogP contribution in [0, 0.1) is 5.41 Å². The van der Waals surface area contributed by atoms with Crippen LogP contribution in [-0.4, -0.2) is 29.9 Å². The molecule has 1 amide bonds. The minimum atomic E-state index is -0.0812. The number of rotatable bonds is 1. The van der Waals surface area contributed by atoms with E-state index in [0.717, 1.165) is 11.8 Å². The Hall–Kier alpha value is -1.52. The molecule has 2 N–H and O–H groups in total. The Morgan fingerprint density at radius 2 is 2.19 bits per heavy atom. The second kappa shape index (κ2) is 5.04. The fraction of sp³-hybridized carbons (Fsp3) is 0.438. The number of piperidine rings is 1. The van der Waals surface area contributed by atoms with Crippen LogP contribution in [-0.2, 0) is 0 Å². The Bertz CT molecular complexity index is 693. The van der Waals surface area contributed by atoms with Gasteiger partial charge in [0.1, 0.15) is 5.58 Å². The first kappa shape index (κ1) is 14.4. The average molecular weight is 307 g/mol. The van der Waals surface area contributed by atoms with Crippen LogP contribution in [0.15, 0.2) is 28.7 Å². The number of likely N-dealkylation sites (tertiary alicyclic amines) is 1. The van der Waals surface area contributed by atoms with Crippen LogP contribution in [0.5, 0.6) is 0 Å². The van der Waals surface area contributed by atoms with Gasteiger partial charge in [0.2, 0.25) is 0 Å². The van der Waals surface area contributed by atoms with E-state index in [4.69, 9.17) is 21.8 Å². The number of amides is 1. The first-order chi connectivity index (χ1) is 9.87. The molecule has 112 valence electrons. The lowest BCUT2D eigenvalue weighted by atomic mass is 9.79. The van der Waals surface area contributed by atoms with Crippen LogP contribution in [0.25, 0.3) is 11.0 Å². The summed E-state index contributed by atoms with van der Waals surface area (Å²) in [5.41, 5.74) is 6.71. The molecule has 0 bridgehead atoms. The molecule has 21 heavy (non-hydrogen) atoms. The molecule has 1 saturated heterocycles. The number of nitrogens with zero attached hydrogens (tertiary/aromatic N) is 1. The second-order valence-electron chi connectivity index (χ2n) is 6.40. The van der Waals surface area contributed by atoms with Crippen molar-refractivity contribution in [2.75, 3.05) is 13.1 Å². The van der Waals surface area contributed by atoms with Crippen molar-refractivity contribution in [2.45, 2.75) is 26.3 Å². The standard InChI is InChI=1S/C16H19ClN2O2/c1-16(2)9-19(6-5-14(16)18)15(20)13-8-10-7-11(17)3-4-12(10)21-13/h3-4,7-8,14H,5-6,9,18H2,1-2H3. The zero-order chi connectivity index (χ0) is 15.2. The summed E-state index contributed by atoms with van der Waals surface area (Å²) in [6.07, 6.45) is 0.810. The molecule has 2 heterocycles. The number of hydrogen-bond donors (Lipinski definition) is 1. The van der Waals surface area contributed by atoms with E-state index >= 15 is 0 Å². The Kier molecular flexibility index (Phi) is 3.46. The van der Waals surface area contributed by atoms with Gasteiger partial charge in [-0.05, 0) is 36.1 Å². The molecular formula is C16H19ClN2O2. The van der Waals surface area contributed by atoms with Gasteiger partial charge in [0.25, 0.3) is 5.91 Å². The van der Waals surface area contributed by atoms with E-state index in [1.54, 1.807) is 24.3 Å². The van der Waals surface area contributed by atoms with Crippen LogP contribution in [0.1, 0.15) is 30.8 Å². The smallest absolute Gasteiger partial charge is 0.289 e. The van der Waals surface area contributed by atoms with E-state index in [9.17, 15) is 4.79 Å². The number of hydrogen-bond acceptors (Lipinski definition) is 3. The minimum absolute atomic E-state index is 0.0801. The van der Waals surface area contributed by atoms with Gasteiger partial charge in [-0.3, -0.25) is 4.79 Å². The number of benzene rings is 1. The van der Waals surface area contributed by atoms with Crippen molar-refractivity contribution < 1.29 is 9.21 Å². The molecule has 1 unspecified atom stereocenters. The van der Waals surface area contributed by atoms with Gasteiger partial charge in [0.05, 0.1) is 0 Å². The van der Waals surface area contributed by atoms with Crippen molar-refractivity contribution >= 4 is 28.5 Å². The normalized spacial score (nSPS) is 21.7. The van der Waals surface area contributed by atoms with Crippen molar-refractivity contribution in [1.82, 2.24) is 4.90 Å². The molecule has 3 rings (SSSR count). The Labute approximate surface area is 128 Å². The SMILES string of the molecule is CC1(C)CN(C(=O)c2cc3cc(Cl)ccc3o2)CCC1N. The van der Waals surface area contributed by atoms with Crippen molar-refractivity contribution in [3.63, 3.8) is 0 Å². The third kappa shape index (κ3) is 2.65. The molecule has 0 spiro atoms. The highest BCUT2D eigenvalue weighted by Gasteiger charge is 2.36. The fourth-order valence-electron chi connectivity index (χ4n) is 2.82. The summed E-state index contributed by atoms with van der Waals surface area (Å²) >= 11 is 5.96. The van der Waals surface area contributed by atoms with Crippen LogP contribution in [0.2, 0.25) is 5.02 Å². The van der Waals surface area contributed by atoms with Gasteiger partial charge in [-0.2, -0.15) is 0 Å². The van der Waals surface area contributed by atoms with Gasteiger partial charge < -0.3 is 15.1 Å². The van der Waals surface area contributed by atoms with E-state index in [1.807, 2.05) is 4.90 Å². The molecule has 4 nitrogen and oxygen atoms in total. The highest BCUT2D eigenvalue weighted by molar-refractivity contribution is 6.31. The van der Waals surface area contributed by atoms with Gasteiger partial charge in [-0.1, -0.05) is 25.4 Å². The summed E-state index contributed by atoms with van der Waals surface area (Å²) in [5, 5.41) is 1.48. The van der Waals surface area contributed by atoms with E-state index in [2.05, 4.69) is 13.8 Å². The Balaban J connectivity index is 1.87. The third-order valence-electron chi connectivity index (χ3n) is 4.29. The average Bonchev–Trinajstić information content (AvgIpc) is 2.83. The Morgan fingerprint density at radius 1 is 1.43 bits per heavy atom. The van der Waals surface area contributed by atoms with Crippen LogP contribution in [0.3, 0.4) is 0 Å². The molecule has 0 aliphatic carbocycles.